The van der Waals surface area contributed by atoms with E-state index in [2.05, 4.69) is 10.8 Å². The zero-order chi connectivity index (χ0) is 14.6. The van der Waals surface area contributed by atoms with Crippen molar-refractivity contribution >= 4 is 22.3 Å². The summed E-state index contributed by atoms with van der Waals surface area (Å²) in [6, 6.07) is 3.38. The largest absolute Gasteiger partial charge is 0.480 e. The third-order valence-corrected chi connectivity index (χ3v) is 2.68. The first kappa shape index (κ1) is 15.2. The molecule has 0 amide bonds. The van der Waals surface area contributed by atoms with Gasteiger partial charge in [0.15, 0.2) is 5.75 Å². The van der Waals surface area contributed by atoms with Crippen molar-refractivity contribution < 1.29 is 22.5 Å². The average Bonchev–Trinajstić information content (AvgIpc) is 2.29. The number of hydrogen-bond donors (Lipinski definition) is 3. The molecule has 0 fully saturated rings. The SMILES string of the molecule is C=Cc1cc(CC(N)C(=O)O)ccc1OS(N)(=O)=O. The fourth-order valence-corrected chi connectivity index (χ4v) is 1.83. The third kappa shape index (κ3) is 4.70. The van der Waals surface area contributed by atoms with Crippen LogP contribution in [0, 0.1) is 0 Å². The molecule has 1 atom stereocenters. The zero-order valence-electron chi connectivity index (χ0n) is 9.94. The van der Waals surface area contributed by atoms with E-state index in [0.717, 1.165) is 0 Å². The van der Waals surface area contributed by atoms with Crippen molar-refractivity contribution in [3.8, 4) is 5.75 Å². The maximum atomic E-state index is 10.8. The van der Waals surface area contributed by atoms with Gasteiger partial charge in [0, 0.05) is 5.56 Å². The first-order valence-corrected chi connectivity index (χ1v) is 6.66. The summed E-state index contributed by atoms with van der Waals surface area (Å²) in [6.45, 7) is 3.51. The minimum absolute atomic E-state index is 0.0187. The van der Waals surface area contributed by atoms with Gasteiger partial charge in [-0.15, -0.1) is 0 Å². The summed E-state index contributed by atoms with van der Waals surface area (Å²) < 4.78 is 26.3. The van der Waals surface area contributed by atoms with Gasteiger partial charge in [0.05, 0.1) is 0 Å². The van der Waals surface area contributed by atoms with Crippen molar-refractivity contribution in [3.63, 3.8) is 0 Å². The van der Waals surface area contributed by atoms with E-state index < -0.39 is 22.3 Å². The lowest BCUT2D eigenvalue weighted by molar-refractivity contribution is -0.138. The molecule has 0 aliphatic heterocycles. The van der Waals surface area contributed by atoms with Crippen LogP contribution < -0.4 is 15.1 Å². The second-order valence-corrected chi connectivity index (χ2v) is 4.95. The summed E-state index contributed by atoms with van der Waals surface area (Å²) in [5, 5.41) is 13.5. The summed E-state index contributed by atoms with van der Waals surface area (Å²) in [5.41, 5.74) is 6.40. The Hall–Kier alpha value is -1.90. The van der Waals surface area contributed by atoms with Gasteiger partial charge in [-0.05, 0) is 24.1 Å². The number of carboxylic acid groups (broad SMARTS) is 1. The van der Waals surface area contributed by atoms with Crippen molar-refractivity contribution in [2.45, 2.75) is 12.5 Å². The van der Waals surface area contributed by atoms with E-state index >= 15 is 0 Å². The molecule has 5 N–H and O–H groups in total. The van der Waals surface area contributed by atoms with E-state index in [0.29, 0.717) is 11.1 Å². The molecule has 0 spiro atoms. The highest BCUT2D eigenvalue weighted by Gasteiger charge is 2.14. The van der Waals surface area contributed by atoms with Crippen LogP contribution >= 0.6 is 0 Å². The molecule has 1 aromatic rings. The first-order valence-electron chi connectivity index (χ1n) is 5.19. The Morgan fingerprint density at radius 1 is 1.53 bits per heavy atom. The van der Waals surface area contributed by atoms with Crippen LogP contribution in [0.25, 0.3) is 6.08 Å². The van der Waals surface area contributed by atoms with Crippen molar-refractivity contribution in [3.05, 3.63) is 35.9 Å². The average molecular weight is 286 g/mol. The molecule has 0 bridgehead atoms. The molecule has 0 saturated heterocycles. The van der Waals surface area contributed by atoms with Crippen LogP contribution in [0.4, 0.5) is 0 Å². The minimum Gasteiger partial charge on any atom is -0.480 e. The Kier molecular flexibility index (Phi) is 4.65. The molecular weight excluding hydrogens is 272 g/mol. The van der Waals surface area contributed by atoms with Crippen LogP contribution in [-0.4, -0.2) is 25.5 Å². The van der Waals surface area contributed by atoms with Crippen molar-refractivity contribution in [2.24, 2.45) is 10.9 Å². The first-order chi connectivity index (χ1) is 8.73. The highest BCUT2D eigenvalue weighted by molar-refractivity contribution is 7.84. The number of carboxylic acids is 1. The minimum atomic E-state index is -4.13. The lowest BCUT2D eigenvalue weighted by atomic mass is 10.0. The van der Waals surface area contributed by atoms with E-state index in [1.165, 1.54) is 24.3 Å². The van der Waals surface area contributed by atoms with Gasteiger partial charge < -0.3 is 15.0 Å². The van der Waals surface area contributed by atoms with Gasteiger partial charge in [0.25, 0.3) is 0 Å². The number of hydrogen-bond acceptors (Lipinski definition) is 5. The maximum absolute atomic E-state index is 10.8. The van der Waals surface area contributed by atoms with Gasteiger partial charge in [0.2, 0.25) is 0 Å². The van der Waals surface area contributed by atoms with Crippen molar-refractivity contribution in [1.82, 2.24) is 0 Å². The Morgan fingerprint density at radius 3 is 2.63 bits per heavy atom. The number of aliphatic carboxylic acids is 1. The number of nitrogens with two attached hydrogens (primary N) is 2. The molecule has 1 unspecified atom stereocenters. The molecule has 0 saturated carbocycles. The summed E-state index contributed by atoms with van der Waals surface area (Å²) in [5.74, 6) is -1.10. The molecular formula is C11H14N2O5S. The smallest absolute Gasteiger partial charge is 0.380 e. The predicted molar refractivity (Wildman–Crippen MR) is 69.6 cm³/mol. The van der Waals surface area contributed by atoms with Crippen molar-refractivity contribution in [1.29, 1.82) is 0 Å². The van der Waals surface area contributed by atoms with Crippen LogP contribution in [-0.2, 0) is 21.5 Å². The molecule has 0 heterocycles. The van der Waals surface area contributed by atoms with E-state index in [9.17, 15) is 13.2 Å². The fourth-order valence-electron chi connectivity index (χ4n) is 1.43. The van der Waals surface area contributed by atoms with Gasteiger partial charge >= 0.3 is 16.3 Å². The lowest BCUT2D eigenvalue weighted by Gasteiger charge is -2.10. The van der Waals surface area contributed by atoms with Gasteiger partial charge in [-0.3, -0.25) is 4.79 Å². The van der Waals surface area contributed by atoms with Crippen LogP contribution in [0.5, 0.6) is 5.75 Å². The number of carbonyl (C=O) groups is 1. The summed E-state index contributed by atoms with van der Waals surface area (Å²) >= 11 is 0. The second kappa shape index (κ2) is 5.83. The van der Waals surface area contributed by atoms with E-state index in [4.69, 9.17) is 16.0 Å². The zero-order valence-corrected chi connectivity index (χ0v) is 10.8. The van der Waals surface area contributed by atoms with Gasteiger partial charge in [-0.1, -0.05) is 18.7 Å². The second-order valence-electron chi connectivity index (χ2n) is 3.80. The summed E-state index contributed by atoms with van der Waals surface area (Å²) in [7, 11) is -4.13. The maximum Gasteiger partial charge on any atom is 0.380 e. The molecule has 0 aliphatic rings. The fraction of sp³-hybridized carbons (Fsp3) is 0.182. The predicted octanol–water partition coefficient (Wildman–Crippen LogP) is -0.134. The molecule has 104 valence electrons. The molecule has 0 radical (unpaired) electrons. The monoisotopic (exact) mass is 286 g/mol. The Bertz CT molecular complexity index is 597. The standard InChI is InChI=1S/C11H14N2O5S/c1-2-8-5-7(6-9(12)11(14)15)3-4-10(8)18-19(13,16)17/h2-5,9H,1,6,12H2,(H,14,15)(H2,13,16,17). The molecule has 1 rings (SSSR count). The van der Waals surface area contributed by atoms with E-state index in [1.807, 2.05) is 0 Å². The van der Waals surface area contributed by atoms with E-state index in [-0.39, 0.29) is 12.2 Å². The van der Waals surface area contributed by atoms with Crippen LogP contribution in [0.15, 0.2) is 24.8 Å². The molecule has 7 nitrogen and oxygen atoms in total. The van der Waals surface area contributed by atoms with E-state index in [1.54, 1.807) is 0 Å². The molecule has 1 aromatic carbocycles. The quantitative estimate of drug-likeness (QED) is 0.667. The van der Waals surface area contributed by atoms with Crippen molar-refractivity contribution in [2.75, 3.05) is 0 Å². The molecule has 8 heteroatoms. The molecule has 0 aliphatic carbocycles. The summed E-state index contributed by atoms with van der Waals surface area (Å²) in [6.07, 6.45) is 1.47. The highest BCUT2D eigenvalue weighted by atomic mass is 32.2. The molecule has 19 heavy (non-hydrogen) atoms. The Balaban J connectivity index is 3.02. The third-order valence-electron chi connectivity index (χ3n) is 2.27. The number of rotatable bonds is 6. The molecule has 0 aromatic heterocycles. The van der Waals surface area contributed by atoms with Gasteiger partial charge in [0.1, 0.15) is 6.04 Å². The topological polar surface area (TPSA) is 133 Å². The van der Waals surface area contributed by atoms with Gasteiger partial charge in [-0.25, -0.2) is 0 Å². The van der Waals surface area contributed by atoms with Crippen LogP contribution in [0.1, 0.15) is 11.1 Å². The van der Waals surface area contributed by atoms with Gasteiger partial charge in [-0.2, -0.15) is 13.6 Å². The Morgan fingerprint density at radius 2 is 2.16 bits per heavy atom. The van der Waals surface area contributed by atoms with Crippen LogP contribution in [0.2, 0.25) is 0 Å². The normalized spacial score (nSPS) is 12.7. The Labute approximate surface area is 110 Å². The summed E-state index contributed by atoms with van der Waals surface area (Å²) in [4.78, 5) is 10.6. The lowest BCUT2D eigenvalue weighted by Crippen LogP contribution is -2.32. The highest BCUT2D eigenvalue weighted by Crippen LogP contribution is 2.22. The number of benzene rings is 1. The van der Waals surface area contributed by atoms with Crippen LogP contribution in [0.3, 0.4) is 0 Å².